The number of thioether (sulfide) groups is 2. The zero-order valence-corrected chi connectivity index (χ0v) is 45.9. The van der Waals surface area contributed by atoms with Gasteiger partial charge in [0.25, 0.3) is 23.6 Å². The Bertz CT molecular complexity index is 2640. The third-order valence-corrected chi connectivity index (χ3v) is 16.1. The monoisotopic (exact) mass is 1080 g/mol. The molecule has 2 aliphatic rings. The predicted octanol–water partition coefficient (Wildman–Crippen LogP) is 6.33. The van der Waals surface area contributed by atoms with Gasteiger partial charge in [0.1, 0.15) is 17.8 Å². The molecule has 6 amide bonds. The van der Waals surface area contributed by atoms with Gasteiger partial charge < -0.3 is 50.8 Å². The first-order valence-corrected chi connectivity index (χ1v) is 26.3. The van der Waals surface area contributed by atoms with Crippen molar-refractivity contribution in [3.63, 3.8) is 0 Å². The molecule has 6 N–H and O–H groups in total. The minimum absolute atomic E-state index is 0.168. The Morgan fingerprint density at radius 2 is 1.12 bits per heavy atom. The number of methoxy groups -OCH3 is 1. The van der Waals surface area contributed by atoms with Crippen molar-refractivity contribution >= 4 is 82.2 Å². The van der Waals surface area contributed by atoms with Crippen molar-refractivity contribution in [3.05, 3.63) is 128 Å². The van der Waals surface area contributed by atoms with Crippen molar-refractivity contribution in [3.8, 4) is 11.5 Å². The summed E-state index contributed by atoms with van der Waals surface area (Å²) in [5.41, 5.74) is 5.23. The van der Waals surface area contributed by atoms with Gasteiger partial charge >= 0.3 is 0 Å². The molecule has 6 rings (SSSR count). The summed E-state index contributed by atoms with van der Waals surface area (Å²) in [5, 5.41) is 33.3. The Labute approximate surface area is 446 Å². The largest absolute Gasteiger partial charge is 0.497 e. The molecule has 4 aromatic carbocycles. The van der Waals surface area contributed by atoms with Crippen LogP contribution in [0.15, 0.2) is 84.9 Å². The van der Waals surface area contributed by atoms with Crippen LogP contribution >= 0.6 is 46.7 Å². The second-order valence-electron chi connectivity index (χ2n) is 19.0. The number of para-hydroxylation sites is 1. The summed E-state index contributed by atoms with van der Waals surface area (Å²) >= 11 is 15.0. The van der Waals surface area contributed by atoms with Crippen molar-refractivity contribution in [2.45, 2.75) is 121 Å². The van der Waals surface area contributed by atoms with E-state index < -0.39 is 76.1 Å². The van der Waals surface area contributed by atoms with E-state index in [1.54, 1.807) is 57.4 Å². The van der Waals surface area contributed by atoms with Gasteiger partial charge in [-0.2, -0.15) is 0 Å². The Morgan fingerprint density at radius 1 is 0.671 bits per heavy atom. The van der Waals surface area contributed by atoms with Gasteiger partial charge in [0.15, 0.2) is 24.6 Å². The van der Waals surface area contributed by atoms with Crippen LogP contribution in [-0.2, 0) is 37.1 Å². The minimum Gasteiger partial charge on any atom is -0.497 e. The van der Waals surface area contributed by atoms with E-state index in [0.717, 1.165) is 22.3 Å². The molecule has 2 aliphatic heterocycles. The summed E-state index contributed by atoms with van der Waals surface area (Å²) in [6, 6.07) is 22.0. The lowest BCUT2D eigenvalue weighted by atomic mass is 9.99. The standard InChI is InChI=1S/C27H35N3O5S.C26H31Cl2N3O5S/c1-16-9-7-8-10-19(16)14-28-25(33)23-27(4,5)36-15-30(23)26(34)22(31)18(3)29-24(32)21-12-11-20(35-6)13-17(21)2;1-15-8-5-6-9-17(15)12-29-24(34)23-26(3,4)37-14-31(23)25(35)21(33)16(2)30-20(32)13-36-22-18(27)10-7-11-19(22)28/h7-13,18,22-23,31H,14-15H2,1-6H3,(H,28,33)(H,29,32);5-11,16,21,23,33H,12-14H2,1-4H3,(H,29,34)(H,30,32). The second-order valence-corrected chi connectivity index (χ2v) is 23.0. The van der Waals surface area contributed by atoms with E-state index >= 15 is 0 Å². The van der Waals surface area contributed by atoms with Gasteiger partial charge in [-0.3, -0.25) is 28.8 Å². The molecule has 4 aromatic rings. The van der Waals surface area contributed by atoms with E-state index in [-0.39, 0.29) is 39.4 Å². The van der Waals surface area contributed by atoms with Crippen LogP contribution in [0.4, 0.5) is 0 Å². The van der Waals surface area contributed by atoms with Crippen LogP contribution in [0.25, 0.3) is 0 Å². The fourth-order valence-corrected chi connectivity index (χ4v) is 11.1. The number of hydrogen-bond acceptors (Lipinski definition) is 12. The number of aryl methyl sites for hydroxylation is 3. The van der Waals surface area contributed by atoms with Gasteiger partial charge in [0, 0.05) is 28.1 Å². The second kappa shape index (κ2) is 25.6. The number of aliphatic hydroxyl groups excluding tert-OH is 2. The highest BCUT2D eigenvalue weighted by molar-refractivity contribution is 8.01. The van der Waals surface area contributed by atoms with Crippen molar-refractivity contribution in [1.29, 1.82) is 0 Å². The Hall–Kier alpha value is -5.50. The molecule has 2 saturated heterocycles. The van der Waals surface area contributed by atoms with Gasteiger partial charge in [-0.25, -0.2) is 0 Å². The zero-order valence-electron chi connectivity index (χ0n) is 42.7. The van der Waals surface area contributed by atoms with Crippen molar-refractivity contribution in [2.24, 2.45) is 0 Å². The number of hydrogen-bond donors (Lipinski definition) is 6. The fraction of sp³-hybridized carbons (Fsp3) is 0.434. The third kappa shape index (κ3) is 14.8. The first-order chi connectivity index (χ1) is 34.4. The van der Waals surface area contributed by atoms with Crippen LogP contribution in [-0.4, -0.2) is 127 Å². The molecule has 0 aliphatic carbocycles. The van der Waals surface area contributed by atoms with E-state index in [4.69, 9.17) is 32.7 Å². The molecule has 6 unspecified atom stereocenters. The van der Waals surface area contributed by atoms with E-state index in [1.165, 1.54) is 40.2 Å². The van der Waals surface area contributed by atoms with Crippen molar-refractivity contribution in [2.75, 3.05) is 25.5 Å². The van der Waals surface area contributed by atoms with Crippen LogP contribution in [0.3, 0.4) is 0 Å². The number of ether oxygens (including phenoxy) is 2. The lowest BCUT2D eigenvalue weighted by Crippen LogP contribution is -2.58. The molecular weight excluding hydrogens is 1020 g/mol. The maximum atomic E-state index is 13.3. The van der Waals surface area contributed by atoms with E-state index in [9.17, 15) is 39.0 Å². The molecule has 0 spiro atoms. The SMILES string of the molecule is COc1ccc(C(=O)NC(C)C(O)C(=O)N2CSC(C)(C)C2C(=O)NCc2ccccc2C)c(C)c1.Cc1ccccc1CNC(=O)C1N(C(=O)C(O)C(C)NC(=O)COc2c(Cl)cccc2Cl)CSC1(C)C. The molecule has 20 heteroatoms. The highest BCUT2D eigenvalue weighted by atomic mass is 35.5. The maximum absolute atomic E-state index is 13.3. The third-order valence-electron chi connectivity index (χ3n) is 12.7. The number of nitrogens with one attached hydrogen (secondary N) is 4. The van der Waals surface area contributed by atoms with Crippen molar-refractivity contribution < 1.29 is 48.5 Å². The summed E-state index contributed by atoms with van der Waals surface area (Å²) in [4.78, 5) is 80.9. The Morgan fingerprint density at radius 3 is 1.56 bits per heavy atom. The van der Waals surface area contributed by atoms with Crippen LogP contribution in [0, 0.1) is 20.8 Å². The molecule has 0 saturated carbocycles. The van der Waals surface area contributed by atoms with Gasteiger partial charge in [-0.15, -0.1) is 23.5 Å². The van der Waals surface area contributed by atoms with Crippen LogP contribution in [0.2, 0.25) is 10.0 Å². The van der Waals surface area contributed by atoms with E-state index in [0.29, 0.717) is 30.0 Å². The number of rotatable bonds is 17. The number of nitrogens with zero attached hydrogens (tertiary/aromatic N) is 2. The Kier molecular flexibility index (Phi) is 20.5. The number of amides is 6. The topological polar surface area (TPSA) is 216 Å². The highest BCUT2D eigenvalue weighted by Gasteiger charge is 2.51. The number of halogens is 2. The van der Waals surface area contributed by atoms with Gasteiger partial charge in [-0.05, 0) is 120 Å². The lowest BCUT2D eigenvalue weighted by Gasteiger charge is -2.32. The molecule has 394 valence electrons. The molecule has 0 radical (unpaired) electrons. The lowest BCUT2D eigenvalue weighted by molar-refractivity contribution is -0.147. The number of carbonyl (C=O) groups is 6. The molecule has 0 aromatic heterocycles. The van der Waals surface area contributed by atoms with E-state index in [1.807, 2.05) is 90.1 Å². The molecule has 0 bridgehead atoms. The fourth-order valence-electron chi connectivity index (χ4n) is 8.28. The number of aliphatic hydroxyl groups is 2. The molecule has 16 nitrogen and oxygen atoms in total. The first-order valence-electron chi connectivity index (χ1n) is 23.6. The molecular formula is C53H66Cl2N6O10S2. The average molecular weight is 1080 g/mol. The van der Waals surface area contributed by atoms with Crippen LogP contribution in [0.1, 0.15) is 79.7 Å². The summed E-state index contributed by atoms with van der Waals surface area (Å²) in [6.45, 7) is 16.7. The minimum atomic E-state index is -1.56. The molecule has 2 heterocycles. The van der Waals surface area contributed by atoms with Crippen molar-refractivity contribution in [1.82, 2.24) is 31.1 Å². The normalized spacial score (nSPS) is 18.2. The molecule has 2 fully saturated rings. The quantitative estimate of drug-likeness (QED) is 0.0685. The predicted molar refractivity (Wildman–Crippen MR) is 287 cm³/mol. The average Bonchev–Trinajstić information content (AvgIpc) is 3.85. The molecule has 6 atom stereocenters. The summed E-state index contributed by atoms with van der Waals surface area (Å²) in [7, 11) is 1.55. The number of carbonyl (C=O) groups excluding carboxylic acids is 6. The zero-order chi connectivity index (χ0) is 53.9. The first kappa shape index (κ1) is 58.4. The van der Waals surface area contributed by atoms with Gasteiger partial charge in [-0.1, -0.05) is 77.8 Å². The van der Waals surface area contributed by atoms with Crippen LogP contribution < -0.4 is 30.7 Å². The summed E-state index contributed by atoms with van der Waals surface area (Å²) < 4.78 is 9.47. The maximum Gasteiger partial charge on any atom is 0.258 e. The summed E-state index contributed by atoms with van der Waals surface area (Å²) in [5.74, 6) is -1.49. The highest BCUT2D eigenvalue weighted by Crippen LogP contribution is 2.41. The number of benzene rings is 4. The van der Waals surface area contributed by atoms with Crippen LogP contribution in [0.5, 0.6) is 11.5 Å². The van der Waals surface area contributed by atoms with Gasteiger partial charge in [0.2, 0.25) is 11.8 Å². The Balaban J connectivity index is 0.000000271. The molecule has 73 heavy (non-hydrogen) atoms. The van der Waals surface area contributed by atoms with E-state index in [2.05, 4.69) is 21.3 Å². The van der Waals surface area contributed by atoms with Gasteiger partial charge in [0.05, 0.1) is 41.0 Å². The summed E-state index contributed by atoms with van der Waals surface area (Å²) in [6.07, 6.45) is -3.07. The smallest absolute Gasteiger partial charge is 0.258 e.